The van der Waals surface area contributed by atoms with E-state index in [9.17, 15) is 4.79 Å². The summed E-state index contributed by atoms with van der Waals surface area (Å²) in [6.07, 6.45) is 1.92. The highest BCUT2D eigenvalue weighted by Gasteiger charge is 2.31. The number of anilines is 1. The molecule has 6 nitrogen and oxygen atoms in total. The highest BCUT2D eigenvalue weighted by atomic mass is 32.1. The average Bonchev–Trinajstić information content (AvgIpc) is 3.10. The summed E-state index contributed by atoms with van der Waals surface area (Å²) in [5, 5.41) is 8.91. The van der Waals surface area contributed by atoms with E-state index in [1.807, 2.05) is 34.5 Å². The summed E-state index contributed by atoms with van der Waals surface area (Å²) >= 11 is 1.32. The van der Waals surface area contributed by atoms with Crippen LogP contribution in [0.15, 0.2) is 29.6 Å². The second-order valence-electron chi connectivity index (χ2n) is 6.53. The molecule has 2 amide bonds. The Labute approximate surface area is 146 Å². The summed E-state index contributed by atoms with van der Waals surface area (Å²) < 4.78 is 9.15. The predicted molar refractivity (Wildman–Crippen MR) is 95.2 cm³/mol. The molecule has 7 heteroatoms. The van der Waals surface area contributed by atoms with Crippen LogP contribution in [0.4, 0.5) is 10.5 Å². The van der Waals surface area contributed by atoms with Gasteiger partial charge in [0.15, 0.2) is 0 Å². The number of ether oxygens (including phenoxy) is 1. The van der Waals surface area contributed by atoms with Crippen molar-refractivity contribution in [3.8, 4) is 11.3 Å². The predicted octanol–water partition coefficient (Wildman–Crippen LogP) is 3.49. The lowest BCUT2D eigenvalue weighted by molar-refractivity contribution is 0.0452. The lowest BCUT2D eigenvalue weighted by atomic mass is 9.81. The van der Waals surface area contributed by atoms with Crippen molar-refractivity contribution in [2.24, 2.45) is 5.41 Å². The number of benzene rings is 1. The highest BCUT2D eigenvalue weighted by molar-refractivity contribution is 7.03. The van der Waals surface area contributed by atoms with Crippen molar-refractivity contribution in [1.29, 1.82) is 0 Å². The number of aromatic nitrogens is 2. The van der Waals surface area contributed by atoms with Crippen LogP contribution >= 0.6 is 11.5 Å². The molecule has 0 atom stereocenters. The SMILES string of the molecule is COCC1(C)CCN(C(=O)Nc2ccc(-c3csnn3)cc2)CC1. The summed E-state index contributed by atoms with van der Waals surface area (Å²) in [5.74, 6) is 0. The van der Waals surface area contributed by atoms with E-state index in [1.165, 1.54) is 11.5 Å². The number of hydrogen-bond donors (Lipinski definition) is 1. The van der Waals surface area contributed by atoms with Crippen LogP contribution in [-0.2, 0) is 4.74 Å². The Kier molecular flexibility index (Phi) is 5.11. The maximum Gasteiger partial charge on any atom is 0.321 e. The van der Waals surface area contributed by atoms with Gasteiger partial charge in [0.1, 0.15) is 5.69 Å². The summed E-state index contributed by atoms with van der Waals surface area (Å²) in [6.45, 7) is 4.48. The zero-order valence-electron chi connectivity index (χ0n) is 14.0. The number of rotatable bonds is 4. The largest absolute Gasteiger partial charge is 0.384 e. The van der Waals surface area contributed by atoms with Crippen molar-refractivity contribution in [2.75, 3.05) is 32.1 Å². The van der Waals surface area contributed by atoms with Crippen LogP contribution < -0.4 is 5.32 Å². The Morgan fingerprint density at radius 3 is 2.62 bits per heavy atom. The number of amides is 2. The lowest BCUT2D eigenvalue weighted by Crippen LogP contribution is -2.45. The van der Waals surface area contributed by atoms with Crippen LogP contribution in [0, 0.1) is 5.41 Å². The molecule has 1 aromatic heterocycles. The Bertz CT molecular complexity index is 664. The van der Waals surface area contributed by atoms with E-state index in [4.69, 9.17) is 4.74 Å². The highest BCUT2D eigenvalue weighted by Crippen LogP contribution is 2.31. The first-order chi connectivity index (χ1) is 11.6. The molecule has 1 aromatic carbocycles. The smallest absolute Gasteiger partial charge is 0.321 e. The number of nitrogens with zero attached hydrogens (tertiary/aromatic N) is 3. The Balaban J connectivity index is 1.56. The van der Waals surface area contributed by atoms with Crippen molar-refractivity contribution < 1.29 is 9.53 Å². The van der Waals surface area contributed by atoms with Crippen LogP contribution in [-0.4, -0.2) is 47.3 Å². The van der Waals surface area contributed by atoms with Crippen LogP contribution in [0.2, 0.25) is 0 Å². The standard InChI is InChI=1S/C17H22N4O2S/c1-17(12-23-2)7-9-21(10-8-17)16(22)18-14-5-3-13(4-6-14)15-11-24-20-19-15/h3-6,11H,7-10,12H2,1-2H3,(H,18,22). The molecule has 2 heterocycles. The van der Waals surface area contributed by atoms with Gasteiger partial charge in [0.05, 0.1) is 6.61 Å². The molecule has 24 heavy (non-hydrogen) atoms. The number of piperidine rings is 1. The second kappa shape index (κ2) is 7.27. The van der Waals surface area contributed by atoms with Crippen LogP contribution in [0.1, 0.15) is 19.8 Å². The fourth-order valence-corrected chi connectivity index (χ4v) is 3.43. The number of methoxy groups -OCH3 is 1. The van der Waals surface area contributed by atoms with Gasteiger partial charge < -0.3 is 15.0 Å². The molecule has 0 unspecified atom stereocenters. The topological polar surface area (TPSA) is 67.3 Å². The van der Waals surface area contributed by atoms with E-state index in [-0.39, 0.29) is 11.4 Å². The van der Waals surface area contributed by atoms with Crippen LogP contribution in [0.3, 0.4) is 0 Å². The molecule has 1 aliphatic heterocycles. The van der Waals surface area contributed by atoms with Gasteiger partial charge in [-0.25, -0.2) is 4.79 Å². The minimum atomic E-state index is -0.0439. The maximum atomic E-state index is 12.4. The number of hydrogen-bond acceptors (Lipinski definition) is 5. The average molecular weight is 346 g/mol. The van der Waals surface area contributed by atoms with Gasteiger partial charge in [-0.3, -0.25) is 0 Å². The molecule has 0 radical (unpaired) electrons. The number of carbonyl (C=O) groups excluding carboxylic acids is 1. The van der Waals surface area contributed by atoms with E-state index in [2.05, 4.69) is 21.8 Å². The van der Waals surface area contributed by atoms with Gasteiger partial charge in [-0.1, -0.05) is 23.5 Å². The van der Waals surface area contributed by atoms with Gasteiger partial charge >= 0.3 is 6.03 Å². The zero-order chi connectivity index (χ0) is 17.0. The van der Waals surface area contributed by atoms with E-state index < -0.39 is 0 Å². The Hall–Kier alpha value is -1.99. The van der Waals surface area contributed by atoms with E-state index in [0.717, 1.165) is 49.5 Å². The van der Waals surface area contributed by atoms with E-state index in [1.54, 1.807) is 7.11 Å². The number of carbonyl (C=O) groups is 1. The molecular formula is C17H22N4O2S. The lowest BCUT2D eigenvalue weighted by Gasteiger charge is -2.38. The fourth-order valence-electron chi connectivity index (χ4n) is 2.96. The summed E-state index contributed by atoms with van der Waals surface area (Å²) in [7, 11) is 1.73. The monoisotopic (exact) mass is 346 g/mol. The third kappa shape index (κ3) is 3.91. The summed E-state index contributed by atoms with van der Waals surface area (Å²) in [6, 6.07) is 7.63. The third-order valence-corrected chi connectivity index (χ3v) is 5.05. The van der Waals surface area contributed by atoms with Crippen molar-refractivity contribution in [3.05, 3.63) is 29.6 Å². The molecule has 1 N–H and O–H groups in total. The van der Waals surface area contributed by atoms with Crippen molar-refractivity contribution in [2.45, 2.75) is 19.8 Å². The maximum absolute atomic E-state index is 12.4. The van der Waals surface area contributed by atoms with Crippen LogP contribution in [0.25, 0.3) is 11.3 Å². The second-order valence-corrected chi connectivity index (χ2v) is 7.14. The number of likely N-dealkylation sites (tertiary alicyclic amines) is 1. The van der Waals surface area contributed by atoms with Crippen molar-refractivity contribution in [1.82, 2.24) is 14.5 Å². The molecule has 0 bridgehead atoms. The van der Waals surface area contributed by atoms with Gasteiger partial charge in [0.2, 0.25) is 0 Å². The van der Waals surface area contributed by atoms with Crippen LogP contribution in [0.5, 0.6) is 0 Å². The first kappa shape index (κ1) is 16.9. The van der Waals surface area contributed by atoms with Gasteiger partial charge in [-0.05, 0) is 41.9 Å². The Morgan fingerprint density at radius 1 is 1.33 bits per heavy atom. The Morgan fingerprint density at radius 2 is 2.04 bits per heavy atom. The summed E-state index contributed by atoms with van der Waals surface area (Å²) in [4.78, 5) is 14.3. The molecule has 1 saturated heterocycles. The normalized spacial score (nSPS) is 16.8. The first-order valence-corrected chi connectivity index (χ1v) is 8.86. The van der Waals surface area contributed by atoms with E-state index in [0.29, 0.717) is 0 Å². The molecule has 128 valence electrons. The molecule has 2 aromatic rings. The fraction of sp³-hybridized carbons (Fsp3) is 0.471. The van der Waals surface area contributed by atoms with Gasteiger partial charge in [-0.15, -0.1) is 5.10 Å². The minimum Gasteiger partial charge on any atom is -0.384 e. The summed E-state index contributed by atoms with van der Waals surface area (Å²) in [5.41, 5.74) is 2.81. The third-order valence-electron chi connectivity index (χ3n) is 4.54. The minimum absolute atomic E-state index is 0.0439. The molecule has 0 saturated carbocycles. The van der Waals surface area contributed by atoms with Crippen molar-refractivity contribution in [3.63, 3.8) is 0 Å². The van der Waals surface area contributed by atoms with Gasteiger partial charge in [0, 0.05) is 36.8 Å². The quantitative estimate of drug-likeness (QED) is 0.920. The van der Waals surface area contributed by atoms with Crippen molar-refractivity contribution >= 4 is 23.3 Å². The molecule has 0 spiro atoms. The number of urea groups is 1. The molecule has 0 aliphatic carbocycles. The molecular weight excluding hydrogens is 324 g/mol. The molecule has 1 aliphatic rings. The molecule has 3 rings (SSSR count). The zero-order valence-corrected chi connectivity index (χ0v) is 14.8. The van der Waals surface area contributed by atoms with Gasteiger partial charge in [-0.2, -0.15) is 0 Å². The number of nitrogens with one attached hydrogen (secondary N) is 1. The van der Waals surface area contributed by atoms with E-state index >= 15 is 0 Å². The first-order valence-electron chi connectivity index (χ1n) is 8.02. The molecule has 1 fully saturated rings. The van der Waals surface area contributed by atoms with Gasteiger partial charge in [0.25, 0.3) is 0 Å².